The standard InChI is InChI=1S/C32H26ClN7O4/c1-20-26(27-14-24(43-2)8-9-28(27)40(20)32(42)21-4-6-23(33)7-5-21)15-29(41)44-19-38-13-10-25-30(35-18-36-31(25)38)22-16-37-39(17-22)12-3-11-34/h4-10,13-14,16-18H,3,12,15,19H2,1-2H3. The van der Waals surface area contributed by atoms with E-state index in [1.54, 1.807) is 69.7 Å². The van der Waals surface area contributed by atoms with Gasteiger partial charge in [-0.05, 0) is 61.0 Å². The summed E-state index contributed by atoms with van der Waals surface area (Å²) in [5, 5.41) is 15.2. The highest BCUT2D eigenvalue weighted by molar-refractivity contribution is 6.30. The van der Waals surface area contributed by atoms with Crippen LogP contribution in [0.2, 0.25) is 5.02 Å². The first kappa shape index (κ1) is 28.6. The zero-order chi connectivity index (χ0) is 30.8. The molecule has 11 nitrogen and oxygen atoms in total. The Bertz CT molecular complexity index is 2070. The van der Waals surface area contributed by atoms with Crippen molar-refractivity contribution in [3.8, 4) is 23.1 Å². The number of methoxy groups -OCH3 is 1. The molecule has 0 amide bonds. The van der Waals surface area contributed by atoms with Gasteiger partial charge in [-0.15, -0.1) is 0 Å². The average molecular weight is 608 g/mol. The first-order valence-corrected chi connectivity index (χ1v) is 14.1. The summed E-state index contributed by atoms with van der Waals surface area (Å²) in [6.45, 7) is 2.23. The maximum atomic E-state index is 13.6. The van der Waals surface area contributed by atoms with Crippen LogP contribution in [0.1, 0.15) is 28.0 Å². The van der Waals surface area contributed by atoms with Crippen molar-refractivity contribution in [2.45, 2.75) is 33.0 Å². The lowest BCUT2D eigenvalue weighted by Gasteiger charge is -2.09. The fourth-order valence-corrected chi connectivity index (χ4v) is 5.37. The fraction of sp³-hybridized carbons (Fsp3) is 0.188. The summed E-state index contributed by atoms with van der Waals surface area (Å²) in [7, 11) is 1.56. The van der Waals surface area contributed by atoms with Crippen molar-refractivity contribution in [2.75, 3.05) is 7.11 Å². The maximum absolute atomic E-state index is 13.6. The number of aromatic nitrogens is 6. The van der Waals surface area contributed by atoms with Crippen LogP contribution in [-0.4, -0.2) is 47.9 Å². The van der Waals surface area contributed by atoms with E-state index in [0.717, 1.165) is 16.3 Å². The van der Waals surface area contributed by atoms with E-state index in [1.807, 2.05) is 25.3 Å². The number of carbonyl (C=O) groups excluding carboxylic acids is 2. The summed E-state index contributed by atoms with van der Waals surface area (Å²) in [5.74, 6) is -0.101. The van der Waals surface area contributed by atoms with Crippen LogP contribution in [0.15, 0.2) is 73.4 Å². The van der Waals surface area contributed by atoms with Crippen LogP contribution in [0.5, 0.6) is 5.75 Å². The minimum atomic E-state index is -0.469. The van der Waals surface area contributed by atoms with Crippen LogP contribution in [0.4, 0.5) is 0 Å². The van der Waals surface area contributed by atoms with Crippen molar-refractivity contribution in [3.63, 3.8) is 0 Å². The Labute approximate surface area is 256 Å². The van der Waals surface area contributed by atoms with Gasteiger partial charge in [-0.25, -0.2) is 9.97 Å². The normalized spacial score (nSPS) is 11.1. The summed E-state index contributed by atoms with van der Waals surface area (Å²) >= 11 is 6.03. The molecular weight excluding hydrogens is 582 g/mol. The summed E-state index contributed by atoms with van der Waals surface area (Å²) < 4.78 is 16.1. The number of ether oxygens (including phenoxy) is 2. The van der Waals surface area contributed by atoms with E-state index in [0.29, 0.717) is 57.4 Å². The molecule has 0 aliphatic heterocycles. The van der Waals surface area contributed by atoms with Gasteiger partial charge in [0.05, 0.1) is 50.0 Å². The largest absolute Gasteiger partial charge is 0.497 e. The molecule has 44 heavy (non-hydrogen) atoms. The lowest BCUT2D eigenvalue weighted by Crippen LogP contribution is -2.15. The number of esters is 1. The highest BCUT2D eigenvalue weighted by atomic mass is 35.5. The molecule has 2 aromatic carbocycles. The number of halogens is 1. The molecule has 12 heteroatoms. The fourth-order valence-electron chi connectivity index (χ4n) is 5.24. The van der Waals surface area contributed by atoms with Crippen LogP contribution in [0.3, 0.4) is 0 Å². The summed E-state index contributed by atoms with van der Waals surface area (Å²) in [5.41, 5.74) is 4.49. The third kappa shape index (κ3) is 5.39. The number of benzene rings is 2. The number of fused-ring (bicyclic) bond motifs is 2. The molecule has 0 aliphatic rings. The quantitative estimate of drug-likeness (QED) is 0.195. The monoisotopic (exact) mass is 607 g/mol. The van der Waals surface area contributed by atoms with Gasteiger partial charge in [-0.2, -0.15) is 10.4 Å². The average Bonchev–Trinajstić information content (AvgIpc) is 3.75. The number of hydrogen-bond acceptors (Lipinski definition) is 8. The molecule has 0 bridgehead atoms. The number of aryl methyl sites for hydroxylation is 1. The van der Waals surface area contributed by atoms with E-state index in [-0.39, 0.29) is 19.1 Å². The molecule has 220 valence electrons. The Morgan fingerprint density at radius 3 is 2.66 bits per heavy atom. The molecule has 0 radical (unpaired) electrons. The zero-order valence-corrected chi connectivity index (χ0v) is 24.7. The Morgan fingerprint density at radius 1 is 1.07 bits per heavy atom. The molecule has 0 saturated carbocycles. The molecule has 0 atom stereocenters. The summed E-state index contributed by atoms with van der Waals surface area (Å²) in [6, 6.07) is 16.0. The van der Waals surface area contributed by atoms with Gasteiger partial charge in [0.2, 0.25) is 0 Å². The number of nitrogens with zero attached hydrogens (tertiary/aromatic N) is 7. The number of rotatable bonds is 9. The molecule has 4 aromatic heterocycles. The Kier molecular flexibility index (Phi) is 7.83. The van der Waals surface area contributed by atoms with E-state index in [9.17, 15) is 9.59 Å². The van der Waals surface area contributed by atoms with Crippen LogP contribution < -0.4 is 4.74 Å². The van der Waals surface area contributed by atoms with E-state index in [2.05, 4.69) is 21.1 Å². The predicted molar refractivity (Wildman–Crippen MR) is 163 cm³/mol. The van der Waals surface area contributed by atoms with Crippen LogP contribution >= 0.6 is 11.6 Å². The smallest absolute Gasteiger partial charge is 0.312 e. The van der Waals surface area contributed by atoms with Gasteiger partial charge < -0.3 is 9.47 Å². The minimum Gasteiger partial charge on any atom is -0.497 e. The molecule has 0 aliphatic carbocycles. The third-order valence-corrected chi connectivity index (χ3v) is 7.69. The van der Waals surface area contributed by atoms with Gasteiger partial charge in [0.25, 0.3) is 5.91 Å². The molecule has 0 saturated heterocycles. The van der Waals surface area contributed by atoms with Crippen LogP contribution in [0, 0.1) is 18.3 Å². The van der Waals surface area contributed by atoms with Gasteiger partial charge in [-0.3, -0.25) is 23.4 Å². The Hall–Kier alpha value is -5.47. The van der Waals surface area contributed by atoms with Crippen LogP contribution in [-0.2, 0) is 29.2 Å². The highest BCUT2D eigenvalue weighted by Gasteiger charge is 2.23. The zero-order valence-electron chi connectivity index (χ0n) is 23.9. The molecule has 0 unspecified atom stereocenters. The summed E-state index contributed by atoms with van der Waals surface area (Å²) in [4.78, 5) is 35.6. The van der Waals surface area contributed by atoms with Crippen molar-refractivity contribution in [3.05, 3.63) is 95.3 Å². The van der Waals surface area contributed by atoms with Crippen molar-refractivity contribution < 1.29 is 19.1 Å². The molecular formula is C32H26ClN7O4. The second-order valence-corrected chi connectivity index (χ2v) is 10.5. The third-order valence-electron chi connectivity index (χ3n) is 7.44. The van der Waals surface area contributed by atoms with Gasteiger partial charge in [0.15, 0.2) is 6.73 Å². The van der Waals surface area contributed by atoms with Crippen molar-refractivity contribution in [1.29, 1.82) is 5.26 Å². The van der Waals surface area contributed by atoms with E-state index in [1.165, 1.54) is 6.33 Å². The molecule has 4 heterocycles. The second kappa shape index (κ2) is 12.0. The van der Waals surface area contributed by atoms with E-state index in [4.69, 9.17) is 26.3 Å². The molecule has 0 N–H and O–H groups in total. The lowest BCUT2D eigenvalue weighted by atomic mass is 10.1. The van der Waals surface area contributed by atoms with Gasteiger partial charge in [0, 0.05) is 45.0 Å². The first-order valence-electron chi connectivity index (χ1n) is 13.7. The second-order valence-electron chi connectivity index (χ2n) is 10.1. The van der Waals surface area contributed by atoms with E-state index >= 15 is 0 Å². The predicted octanol–water partition coefficient (Wildman–Crippen LogP) is 5.57. The number of nitriles is 1. The van der Waals surface area contributed by atoms with Crippen molar-refractivity contribution in [2.24, 2.45) is 0 Å². The highest BCUT2D eigenvalue weighted by Crippen LogP contribution is 2.31. The molecule has 6 rings (SSSR count). The van der Waals surface area contributed by atoms with Gasteiger partial charge >= 0.3 is 5.97 Å². The van der Waals surface area contributed by atoms with Crippen LogP contribution in [0.25, 0.3) is 33.2 Å². The molecule has 0 fully saturated rings. The SMILES string of the molecule is COc1ccc2c(c1)c(CC(=O)OCn1ccc3c(-c4cnn(CCC#N)c4)ncnc31)c(C)n2C(=O)c1ccc(Cl)cc1. The Balaban J connectivity index is 1.24. The molecule has 0 spiro atoms. The molecule has 6 aromatic rings. The van der Waals surface area contributed by atoms with Crippen molar-refractivity contribution >= 4 is 45.4 Å². The number of hydrogen-bond donors (Lipinski definition) is 0. The summed E-state index contributed by atoms with van der Waals surface area (Å²) in [6.07, 6.45) is 7.06. The maximum Gasteiger partial charge on any atom is 0.312 e. The van der Waals surface area contributed by atoms with E-state index < -0.39 is 5.97 Å². The topological polar surface area (TPSA) is 130 Å². The minimum absolute atomic E-state index is 0.0578. The Morgan fingerprint density at radius 2 is 1.89 bits per heavy atom. The number of carbonyl (C=O) groups is 2. The van der Waals surface area contributed by atoms with Gasteiger partial charge in [-0.1, -0.05) is 11.6 Å². The first-order chi connectivity index (χ1) is 21.4. The van der Waals surface area contributed by atoms with Crippen molar-refractivity contribution in [1.82, 2.24) is 28.9 Å². The lowest BCUT2D eigenvalue weighted by molar-refractivity contribution is -0.146. The van der Waals surface area contributed by atoms with Gasteiger partial charge in [0.1, 0.15) is 17.7 Å².